The Bertz CT molecular complexity index is 314. The highest BCUT2D eigenvalue weighted by molar-refractivity contribution is 5.84. The molecule has 0 unspecified atom stereocenters. The maximum Gasteiger partial charge on any atom is 0.219 e. The summed E-state index contributed by atoms with van der Waals surface area (Å²) in [6.45, 7) is 8.14. The van der Waals surface area contributed by atoms with Crippen molar-refractivity contribution in [3.8, 4) is 0 Å². The van der Waals surface area contributed by atoms with E-state index in [1.807, 2.05) is 32.9 Å². The van der Waals surface area contributed by atoms with Gasteiger partial charge >= 0.3 is 0 Å². The van der Waals surface area contributed by atoms with Gasteiger partial charge in [0.25, 0.3) is 0 Å². The molecular weight excluding hydrogens is 200 g/mol. The van der Waals surface area contributed by atoms with E-state index in [2.05, 4.69) is 11.1 Å². The van der Waals surface area contributed by atoms with Gasteiger partial charge in [0.05, 0.1) is 12.2 Å². The van der Waals surface area contributed by atoms with Gasteiger partial charge in [-0.15, -0.1) is 0 Å². The van der Waals surface area contributed by atoms with Crippen LogP contribution in [-0.4, -0.2) is 30.1 Å². The molecule has 1 aliphatic rings. The topological polar surface area (TPSA) is 32.7 Å². The van der Waals surface area contributed by atoms with E-state index in [0.717, 1.165) is 17.8 Å². The van der Waals surface area contributed by atoms with E-state index in [1.54, 1.807) is 18.9 Å². The summed E-state index contributed by atoms with van der Waals surface area (Å²) in [6.07, 6.45) is 6.91. The summed E-state index contributed by atoms with van der Waals surface area (Å²) in [5, 5.41) is 0. The van der Waals surface area contributed by atoms with E-state index in [4.69, 9.17) is 0 Å². The molecule has 1 heterocycles. The first-order chi connectivity index (χ1) is 7.59. The summed E-state index contributed by atoms with van der Waals surface area (Å²) in [5.41, 5.74) is 2.02. The first-order valence-electron chi connectivity index (χ1n) is 5.71. The number of carbonyl (C=O) groups is 1. The van der Waals surface area contributed by atoms with Crippen LogP contribution in [0.25, 0.3) is 0 Å². The van der Waals surface area contributed by atoms with Gasteiger partial charge in [-0.25, -0.2) is 0 Å². The fourth-order valence-corrected chi connectivity index (χ4v) is 1.19. The molecular formula is C13H22N2O. The Labute approximate surface area is 98.6 Å². The number of likely N-dealkylation sites (N-methyl/N-ethyl adjacent to an activating group) is 1. The number of rotatable bonds is 2. The lowest BCUT2D eigenvalue weighted by atomic mass is 10.3. The molecule has 1 aliphatic heterocycles. The number of carbonyl (C=O) groups excluding carboxylic acids is 1. The number of aliphatic imine (C=N–C) groups is 1. The number of hydrogen-bond donors (Lipinski definition) is 0. The van der Waals surface area contributed by atoms with Crippen LogP contribution >= 0.6 is 0 Å². The van der Waals surface area contributed by atoms with Crippen molar-refractivity contribution < 1.29 is 4.79 Å². The molecule has 1 amide bonds. The highest BCUT2D eigenvalue weighted by Gasteiger charge is 2.05. The van der Waals surface area contributed by atoms with Gasteiger partial charge in [-0.3, -0.25) is 9.79 Å². The van der Waals surface area contributed by atoms with Crippen LogP contribution in [0.1, 0.15) is 34.1 Å². The largest absolute Gasteiger partial charge is 0.340 e. The van der Waals surface area contributed by atoms with Crippen LogP contribution in [0, 0.1) is 0 Å². The summed E-state index contributed by atoms with van der Waals surface area (Å²) < 4.78 is 0. The maximum absolute atomic E-state index is 11.0. The fourth-order valence-electron chi connectivity index (χ4n) is 1.19. The van der Waals surface area contributed by atoms with Gasteiger partial charge in [-0.1, -0.05) is 26.0 Å². The van der Waals surface area contributed by atoms with Crippen molar-refractivity contribution in [2.45, 2.75) is 34.1 Å². The molecule has 0 aromatic carbocycles. The van der Waals surface area contributed by atoms with E-state index in [0.29, 0.717) is 6.54 Å². The molecule has 0 radical (unpaired) electrons. The molecule has 0 saturated carbocycles. The van der Waals surface area contributed by atoms with Crippen LogP contribution in [0.2, 0.25) is 0 Å². The van der Waals surface area contributed by atoms with Crippen molar-refractivity contribution in [2.24, 2.45) is 4.99 Å². The van der Waals surface area contributed by atoms with Crippen LogP contribution in [0.5, 0.6) is 0 Å². The molecule has 0 N–H and O–H groups in total. The zero-order chi connectivity index (χ0) is 12.6. The second kappa shape index (κ2) is 7.85. The molecule has 3 heteroatoms. The third-order valence-corrected chi connectivity index (χ3v) is 2.11. The lowest BCUT2D eigenvalue weighted by Crippen LogP contribution is -2.25. The summed E-state index contributed by atoms with van der Waals surface area (Å²) in [7, 11) is 1.78. The first-order valence-corrected chi connectivity index (χ1v) is 5.71. The Morgan fingerprint density at radius 3 is 2.69 bits per heavy atom. The van der Waals surface area contributed by atoms with Crippen molar-refractivity contribution in [3.05, 3.63) is 23.9 Å². The van der Waals surface area contributed by atoms with E-state index in [1.165, 1.54) is 0 Å². The minimum Gasteiger partial charge on any atom is -0.340 e. The van der Waals surface area contributed by atoms with E-state index in [9.17, 15) is 4.79 Å². The molecule has 0 spiro atoms. The highest BCUT2D eigenvalue weighted by Crippen LogP contribution is 2.07. The van der Waals surface area contributed by atoms with Crippen molar-refractivity contribution in [1.82, 2.24) is 4.90 Å². The molecule has 0 atom stereocenters. The lowest BCUT2D eigenvalue weighted by molar-refractivity contribution is -0.127. The van der Waals surface area contributed by atoms with Gasteiger partial charge in [-0.2, -0.15) is 0 Å². The molecule has 0 aromatic heterocycles. The Morgan fingerprint density at radius 1 is 1.50 bits per heavy atom. The molecule has 16 heavy (non-hydrogen) atoms. The second-order valence-corrected chi connectivity index (χ2v) is 3.51. The molecule has 0 aromatic rings. The van der Waals surface area contributed by atoms with E-state index < -0.39 is 0 Å². The van der Waals surface area contributed by atoms with Crippen LogP contribution in [0.15, 0.2) is 28.9 Å². The average Bonchev–Trinajstić information content (AvgIpc) is 2.45. The molecule has 0 fully saturated rings. The van der Waals surface area contributed by atoms with Crippen LogP contribution in [-0.2, 0) is 4.79 Å². The number of allylic oxidation sites excluding steroid dienone is 3. The molecule has 0 aliphatic carbocycles. The number of hydrogen-bond acceptors (Lipinski definition) is 2. The molecule has 3 nitrogen and oxygen atoms in total. The minimum atomic E-state index is 0.0620. The molecule has 1 rings (SSSR count). The number of amides is 1. The summed E-state index contributed by atoms with van der Waals surface area (Å²) in [6, 6.07) is 0. The normalized spacial score (nSPS) is 14.1. The quantitative estimate of drug-likeness (QED) is 0.707. The van der Waals surface area contributed by atoms with Crippen LogP contribution in [0.3, 0.4) is 0 Å². The van der Waals surface area contributed by atoms with Crippen molar-refractivity contribution >= 4 is 11.6 Å². The molecule has 0 saturated heterocycles. The zero-order valence-electron chi connectivity index (χ0n) is 10.9. The predicted molar refractivity (Wildman–Crippen MR) is 69.6 cm³/mol. The lowest BCUT2D eigenvalue weighted by Gasteiger charge is -2.14. The van der Waals surface area contributed by atoms with Gasteiger partial charge in [0.15, 0.2) is 0 Å². The van der Waals surface area contributed by atoms with Crippen LogP contribution < -0.4 is 0 Å². The monoisotopic (exact) mass is 222 g/mol. The number of nitrogens with zero attached hydrogens (tertiary/aromatic N) is 2. The minimum absolute atomic E-state index is 0.0620. The van der Waals surface area contributed by atoms with Gasteiger partial charge in [-0.05, 0) is 13.0 Å². The zero-order valence-corrected chi connectivity index (χ0v) is 10.9. The molecule has 0 bridgehead atoms. The SMILES string of the molecule is CC.CC(=O)N(C)CC1=CC=CCC(C)=N1. The van der Waals surface area contributed by atoms with Gasteiger partial charge < -0.3 is 4.90 Å². The van der Waals surface area contributed by atoms with Gasteiger partial charge in [0.2, 0.25) is 5.91 Å². The summed E-state index contributed by atoms with van der Waals surface area (Å²) >= 11 is 0. The van der Waals surface area contributed by atoms with E-state index >= 15 is 0 Å². The second-order valence-electron chi connectivity index (χ2n) is 3.51. The third-order valence-electron chi connectivity index (χ3n) is 2.11. The Kier molecular flexibility index (Phi) is 7.18. The summed E-state index contributed by atoms with van der Waals surface area (Å²) in [4.78, 5) is 17.1. The summed E-state index contributed by atoms with van der Waals surface area (Å²) in [5.74, 6) is 0.0620. The molecule has 90 valence electrons. The smallest absolute Gasteiger partial charge is 0.219 e. The first kappa shape index (κ1) is 14.6. The van der Waals surface area contributed by atoms with Crippen LogP contribution in [0.4, 0.5) is 0 Å². The average molecular weight is 222 g/mol. The van der Waals surface area contributed by atoms with E-state index in [-0.39, 0.29) is 5.91 Å². The standard InChI is InChI=1S/C11H16N2O.C2H6/c1-9-6-4-5-7-11(12-9)8-13(3)10(2)14;1-2/h4-5,7H,6,8H2,1-3H3;1-2H3. The Morgan fingerprint density at radius 2 is 2.12 bits per heavy atom. The Balaban J connectivity index is 0.00000106. The van der Waals surface area contributed by atoms with Crippen molar-refractivity contribution in [1.29, 1.82) is 0 Å². The van der Waals surface area contributed by atoms with Gasteiger partial charge in [0.1, 0.15) is 0 Å². The van der Waals surface area contributed by atoms with Gasteiger partial charge in [0, 0.05) is 26.1 Å². The maximum atomic E-state index is 11.0. The highest BCUT2D eigenvalue weighted by atomic mass is 16.2. The Hall–Kier alpha value is -1.38. The van der Waals surface area contributed by atoms with Crippen molar-refractivity contribution in [3.63, 3.8) is 0 Å². The third kappa shape index (κ3) is 5.49. The predicted octanol–water partition coefficient (Wildman–Crippen LogP) is 2.80. The fraction of sp³-hybridized carbons (Fsp3) is 0.538. The van der Waals surface area contributed by atoms with Crippen molar-refractivity contribution in [2.75, 3.05) is 13.6 Å².